The van der Waals surface area contributed by atoms with Crippen molar-refractivity contribution < 1.29 is 18.0 Å². The second kappa shape index (κ2) is 9.17. The van der Waals surface area contributed by atoms with Gasteiger partial charge >= 0.3 is 6.18 Å². The molecule has 0 spiro atoms. The summed E-state index contributed by atoms with van der Waals surface area (Å²) in [6.45, 7) is 0.623. The molecule has 3 aromatic heterocycles. The monoisotopic (exact) mass is 496 g/mol. The molecule has 0 N–H and O–H groups in total. The number of anilines is 1. The number of carbonyl (C=O) groups is 1. The zero-order valence-corrected chi connectivity index (χ0v) is 19.6. The Bertz CT molecular complexity index is 1410. The minimum atomic E-state index is -4.68. The van der Waals surface area contributed by atoms with Gasteiger partial charge < -0.3 is 9.80 Å². The minimum absolute atomic E-state index is 0.0342. The quantitative estimate of drug-likeness (QED) is 0.426. The van der Waals surface area contributed by atoms with Gasteiger partial charge in [-0.25, -0.2) is 0 Å². The van der Waals surface area contributed by atoms with E-state index in [0.29, 0.717) is 37.9 Å². The first-order chi connectivity index (χ1) is 17.3. The van der Waals surface area contributed by atoms with E-state index in [4.69, 9.17) is 0 Å². The van der Waals surface area contributed by atoms with E-state index in [1.807, 2.05) is 49.3 Å². The van der Waals surface area contributed by atoms with Crippen LogP contribution in [0.1, 0.15) is 28.8 Å². The van der Waals surface area contributed by atoms with Gasteiger partial charge in [-0.1, -0.05) is 24.3 Å². The molecule has 1 aromatic carbocycles. The number of benzene rings is 1. The summed E-state index contributed by atoms with van der Waals surface area (Å²) in [5.74, 6) is 0.0167. The number of hydrogen-bond donors (Lipinski definition) is 0. The zero-order chi connectivity index (χ0) is 25.4. The van der Waals surface area contributed by atoms with Crippen LogP contribution in [0.4, 0.5) is 19.0 Å². The normalized spacial score (nSPS) is 14.9. The Balaban J connectivity index is 1.36. The predicted molar refractivity (Wildman–Crippen MR) is 126 cm³/mol. The summed E-state index contributed by atoms with van der Waals surface area (Å²) in [6.07, 6.45) is -0.355. The maximum atomic E-state index is 13.3. The number of carbonyl (C=O) groups excluding carboxylic acids is 1. The van der Waals surface area contributed by atoms with Crippen LogP contribution in [0, 0.1) is 0 Å². The van der Waals surface area contributed by atoms with Gasteiger partial charge in [0.05, 0.1) is 29.2 Å². The lowest BCUT2D eigenvalue weighted by atomic mass is 10.0. The summed E-state index contributed by atoms with van der Waals surface area (Å²) in [4.78, 5) is 16.4. The van der Waals surface area contributed by atoms with Crippen molar-refractivity contribution >= 4 is 22.5 Å². The first-order valence-electron chi connectivity index (χ1n) is 11.4. The molecule has 4 heterocycles. The van der Waals surface area contributed by atoms with Gasteiger partial charge in [-0.15, -0.1) is 10.2 Å². The van der Waals surface area contributed by atoms with E-state index in [-0.39, 0.29) is 6.04 Å². The summed E-state index contributed by atoms with van der Waals surface area (Å²) in [7, 11) is 3.78. The number of aryl methyl sites for hydroxylation is 1. The molecule has 5 rings (SSSR count). The first-order valence-corrected chi connectivity index (χ1v) is 11.4. The number of likely N-dealkylation sites (tertiary alicyclic amines) is 1. The highest BCUT2D eigenvalue weighted by Crippen LogP contribution is 2.34. The molecule has 1 amide bonds. The number of hydrogen-bond acceptors (Lipinski definition) is 7. The summed E-state index contributed by atoms with van der Waals surface area (Å²) in [5, 5.41) is 21.9. The Morgan fingerprint density at radius 3 is 2.39 bits per heavy atom. The molecule has 0 atom stereocenters. The highest BCUT2D eigenvalue weighted by Gasteiger charge is 2.38. The third-order valence-corrected chi connectivity index (χ3v) is 6.63. The molecule has 0 saturated carbocycles. The minimum Gasteiger partial charge on any atom is -0.355 e. The van der Waals surface area contributed by atoms with E-state index in [9.17, 15) is 18.0 Å². The van der Waals surface area contributed by atoms with Crippen molar-refractivity contribution in [3.63, 3.8) is 0 Å². The summed E-state index contributed by atoms with van der Waals surface area (Å²) in [5.41, 5.74) is 0.0297. The Labute approximate surface area is 204 Å². The van der Waals surface area contributed by atoms with Gasteiger partial charge in [-0.05, 0) is 18.9 Å². The van der Waals surface area contributed by atoms with Gasteiger partial charge in [0.2, 0.25) is 0 Å². The maximum absolute atomic E-state index is 13.3. The van der Waals surface area contributed by atoms with E-state index in [1.54, 1.807) is 10.9 Å². The molecule has 0 unspecified atom stereocenters. The Hall–Kier alpha value is -4.09. The highest BCUT2D eigenvalue weighted by atomic mass is 19.4. The Morgan fingerprint density at radius 2 is 1.72 bits per heavy atom. The van der Waals surface area contributed by atoms with Crippen LogP contribution in [0.25, 0.3) is 22.2 Å². The fourth-order valence-electron chi connectivity index (χ4n) is 4.66. The number of nitrogens with zero attached hydrogens (tertiary/aromatic N) is 8. The third-order valence-electron chi connectivity index (χ3n) is 6.63. The number of amides is 1. The van der Waals surface area contributed by atoms with Crippen LogP contribution in [-0.4, -0.2) is 67.2 Å². The van der Waals surface area contributed by atoms with E-state index < -0.39 is 23.2 Å². The standard InChI is InChI=1S/C24H23F3N8O/c1-33(22-17-6-4-3-5-16(17)21(31-32-22)20-7-10-30-34(20)2)15-8-11-35(12-9-15)23(36)18-13-28-29-14-19(18)24(25,26)27/h3-7,10,13-15H,8-9,11-12H2,1-2H3. The summed E-state index contributed by atoms with van der Waals surface area (Å²) >= 11 is 0. The average molecular weight is 496 g/mol. The second-order valence-electron chi connectivity index (χ2n) is 8.71. The van der Waals surface area contributed by atoms with Crippen LogP contribution < -0.4 is 4.90 Å². The molecule has 12 heteroatoms. The van der Waals surface area contributed by atoms with Crippen molar-refractivity contribution in [1.29, 1.82) is 0 Å². The van der Waals surface area contributed by atoms with Crippen LogP contribution in [-0.2, 0) is 13.2 Å². The van der Waals surface area contributed by atoms with E-state index >= 15 is 0 Å². The first kappa shape index (κ1) is 23.6. The molecule has 9 nitrogen and oxygen atoms in total. The Kier molecular flexibility index (Phi) is 6.02. The summed E-state index contributed by atoms with van der Waals surface area (Å²) in [6, 6.07) is 9.79. The molecule has 1 fully saturated rings. The smallest absolute Gasteiger partial charge is 0.355 e. The fraction of sp³-hybridized carbons (Fsp3) is 0.333. The van der Waals surface area contributed by atoms with Gasteiger partial charge in [0.25, 0.3) is 5.91 Å². The zero-order valence-electron chi connectivity index (χ0n) is 19.6. The number of alkyl halides is 3. The largest absolute Gasteiger partial charge is 0.418 e. The van der Waals surface area contributed by atoms with Crippen molar-refractivity contribution in [2.45, 2.75) is 25.1 Å². The van der Waals surface area contributed by atoms with Crippen LogP contribution >= 0.6 is 0 Å². The number of halogens is 3. The van der Waals surface area contributed by atoms with Gasteiger partial charge in [0, 0.05) is 50.2 Å². The lowest BCUT2D eigenvalue weighted by Crippen LogP contribution is -2.46. The maximum Gasteiger partial charge on any atom is 0.418 e. The number of aromatic nitrogens is 6. The number of fused-ring (bicyclic) bond motifs is 1. The number of rotatable bonds is 4. The van der Waals surface area contributed by atoms with Crippen LogP contribution in [0.15, 0.2) is 48.9 Å². The number of piperidine rings is 1. The van der Waals surface area contributed by atoms with Crippen LogP contribution in [0.3, 0.4) is 0 Å². The SMILES string of the molecule is CN(c1nnc(-c2ccnn2C)c2ccccc12)C1CCN(C(=O)c2cnncc2C(F)(F)F)CC1. The van der Waals surface area contributed by atoms with Crippen molar-refractivity contribution in [2.24, 2.45) is 7.05 Å². The van der Waals surface area contributed by atoms with Gasteiger partial charge in [-0.2, -0.15) is 28.5 Å². The molecule has 4 aromatic rings. The van der Waals surface area contributed by atoms with Crippen molar-refractivity contribution in [3.05, 3.63) is 60.0 Å². The molecule has 36 heavy (non-hydrogen) atoms. The Morgan fingerprint density at radius 1 is 1.03 bits per heavy atom. The van der Waals surface area contributed by atoms with Crippen molar-refractivity contribution in [1.82, 2.24) is 35.1 Å². The van der Waals surface area contributed by atoms with Crippen molar-refractivity contribution in [2.75, 3.05) is 25.0 Å². The molecule has 0 aliphatic carbocycles. The van der Waals surface area contributed by atoms with Crippen molar-refractivity contribution in [3.8, 4) is 11.4 Å². The topological polar surface area (TPSA) is 92.9 Å². The second-order valence-corrected chi connectivity index (χ2v) is 8.71. The fourth-order valence-corrected chi connectivity index (χ4v) is 4.66. The molecular formula is C24H23F3N8O. The van der Waals surface area contributed by atoms with E-state index in [2.05, 4.69) is 25.5 Å². The molecule has 0 bridgehead atoms. The van der Waals surface area contributed by atoms with E-state index in [1.165, 1.54) is 4.90 Å². The lowest BCUT2D eigenvalue weighted by molar-refractivity contribution is -0.138. The molecule has 1 aliphatic rings. The van der Waals surface area contributed by atoms with Gasteiger partial charge in [0.1, 0.15) is 5.69 Å². The van der Waals surface area contributed by atoms with Crippen LogP contribution in [0.2, 0.25) is 0 Å². The molecule has 0 radical (unpaired) electrons. The van der Waals surface area contributed by atoms with Gasteiger partial charge in [0.15, 0.2) is 5.82 Å². The lowest BCUT2D eigenvalue weighted by Gasteiger charge is -2.37. The molecule has 1 saturated heterocycles. The summed E-state index contributed by atoms with van der Waals surface area (Å²) < 4.78 is 41.8. The molecular weight excluding hydrogens is 473 g/mol. The highest BCUT2D eigenvalue weighted by molar-refractivity contribution is 6.00. The predicted octanol–water partition coefficient (Wildman–Crippen LogP) is 3.58. The molecule has 1 aliphatic heterocycles. The third kappa shape index (κ3) is 4.23. The van der Waals surface area contributed by atoms with E-state index in [0.717, 1.165) is 28.4 Å². The average Bonchev–Trinajstić information content (AvgIpc) is 3.32. The van der Waals surface area contributed by atoms with Gasteiger partial charge in [-0.3, -0.25) is 9.48 Å². The van der Waals surface area contributed by atoms with Crippen LogP contribution in [0.5, 0.6) is 0 Å². The molecule has 186 valence electrons.